The third-order valence-electron chi connectivity index (χ3n) is 3.38. The Balaban J connectivity index is 3.72. The van der Waals surface area contributed by atoms with Gasteiger partial charge >= 0.3 is 18.0 Å². The van der Waals surface area contributed by atoms with Crippen LogP contribution in [0.3, 0.4) is 0 Å². The van der Waals surface area contributed by atoms with E-state index in [9.17, 15) is 30.7 Å². The van der Waals surface area contributed by atoms with E-state index in [1.54, 1.807) is 0 Å². The third-order valence-corrected chi connectivity index (χ3v) is 4.54. The first-order chi connectivity index (χ1) is 10.6. The zero-order valence-electron chi connectivity index (χ0n) is 13.0. The van der Waals surface area contributed by atoms with Crippen molar-refractivity contribution in [3.05, 3.63) is 6.92 Å². The summed E-state index contributed by atoms with van der Waals surface area (Å²) in [5.74, 6) is -10.2. The molecule has 1 radical (unpaired) electrons. The number of thioether (sulfide) groups is 1. The summed E-state index contributed by atoms with van der Waals surface area (Å²) in [5.41, 5.74) is 0. The highest BCUT2D eigenvalue weighted by atomic mass is 32.2. The molecule has 0 unspecified atom stereocenters. The van der Waals surface area contributed by atoms with Gasteiger partial charge < -0.3 is 0 Å². The molecule has 139 valence electrons. The highest BCUT2D eigenvalue weighted by molar-refractivity contribution is 7.99. The summed E-state index contributed by atoms with van der Waals surface area (Å²) in [5, 5.41) is 0. The first-order valence-corrected chi connectivity index (χ1v) is 8.91. The lowest BCUT2D eigenvalue weighted by atomic mass is 10.1. The van der Waals surface area contributed by atoms with Crippen molar-refractivity contribution in [3.8, 4) is 0 Å². The quantitative estimate of drug-likeness (QED) is 0.251. The molecule has 0 aliphatic rings. The van der Waals surface area contributed by atoms with Crippen LogP contribution in [0.5, 0.6) is 0 Å². The van der Waals surface area contributed by atoms with Crippen LogP contribution in [0.1, 0.15) is 57.8 Å². The smallest absolute Gasteiger partial charge is 0.200 e. The SMILES string of the molecule is [CH2]CCCCCCCCSCCCC(F)(F)C(F)(F)C(F)(F)F. The number of unbranched alkanes of at least 4 members (excludes halogenated alkanes) is 6. The summed E-state index contributed by atoms with van der Waals surface area (Å²) >= 11 is 1.31. The first-order valence-electron chi connectivity index (χ1n) is 7.75. The molecule has 0 aliphatic heterocycles. The minimum atomic E-state index is -6.22. The van der Waals surface area contributed by atoms with Crippen LogP contribution >= 0.6 is 11.8 Å². The molecule has 8 heteroatoms. The van der Waals surface area contributed by atoms with E-state index >= 15 is 0 Å². The van der Waals surface area contributed by atoms with Crippen molar-refractivity contribution in [1.29, 1.82) is 0 Å². The molecule has 0 saturated heterocycles. The van der Waals surface area contributed by atoms with E-state index in [-0.39, 0.29) is 12.2 Å². The van der Waals surface area contributed by atoms with Gasteiger partial charge in [-0.05, 0) is 24.3 Å². The molecule has 0 aliphatic carbocycles. The van der Waals surface area contributed by atoms with Gasteiger partial charge in [-0.25, -0.2) is 0 Å². The molecule has 0 aromatic heterocycles. The Labute approximate surface area is 137 Å². The van der Waals surface area contributed by atoms with Crippen molar-refractivity contribution >= 4 is 11.8 Å². The van der Waals surface area contributed by atoms with Gasteiger partial charge in [0.1, 0.15) is 0 Å². The van der Waals surface area contributed by atoms with E-state index in [1.807, 2.05) is 0 Å². The molecule has 0 rings (SSSR count). The van der Waals surface area contributed by atoms with Crippen molar-refractivity contribution < 1.29 is 30.7 Å². The van der Waals surface area contributed by atoms with Crippen LogP contribution in [0.15, 0.2) is 0 Å². The summed E-state index contributed by atoms with van der Waals surface area (Å²) in [4.78, 5) is 0. The number of hydrogen-bond donors (Lipinski definition) is 0. The second kappa shape index (κ2) is 10.7. The van der Waals surface area contributed by atoms with E-state index in [0.717, 1.165) is 44.9 Å². The van der Waals surface area contributed by atoms with Crippen LogP contribution in [-0.2, 0) is 0 Å². The largest absolute Gasteiger partial charge is 0.459 e. The second-order valence-corrected chi connectivity index (χ2v) is 6.69. The fourth-order valence-electron chi connectivity index (χ4n) is 1.95. The molecule has 0 spiro atoms. The van der Waals surface area contributed by atoms with Gasteiger partial charge in [0.05, 0.1) is 0 Å². The fraction of sp³-hybridized carbons (Fsp3) is 0.933. The number of hydrogen-bond acceptors (Lipinski definition) is 1. The van der Waals surface area contributed by atoms with Gasteiger partial charge in [-0.2, -0.15) is 42.5 Å². The van der Waals surface area contributed by atoms with Crippen molar-refractivity contribution in [2.75, 3.05) is 11.5 Å². The maximum Gasteiger partial charge on any atom is 0.459 e. The minimum Gasteiger partial charge on any atom is -0.200 e. The van der Waals surface area contributed by atoms with Crippen molar-refractivity contribution in [2.45, 2.75) is 75.8 Å². The van der Waals surface area contributed by atoms with E-state index in [2.05, 4.69) is 6.92 Å². The molecular formula is C15H24F7S. The zero-order valence-corrected chi connectivity index (χ0v) is 13.9. The van der Waals surface area contributed by atoms with E-state index in [0.29, 0.717) is 5.75 Å². The topological polar surface area (TPSA) is 0 Å². The summed E-state index contributed by atoms with van der Waals surface area (Å²) < 4.78 is 87.0. The molecule has 0 amide bonds. The Morgan fingerprint density at radius 2 is 1.13 bits per heavy atom. The Kier molecular flexibility index (Phi) is 10.6. The molecule has 0 N–H and O–H groups in total. The van der Waals surface area contributed by atoms with Crippen LogP contribution in [0.25, 0.3) is 0 Å². The molecule has 0 saturated carbocycles. The molecule has 0 aromatic carbocycles. The average Bonchev–Trinajstić information content (AvgIpc) is 2.43. The van der Waals surface area contributed by atoms with E-state index in [4.69, 9.17) is 0 Å². The third kappa shape index (κ3) is 8.49. The van der Waals surface area contributed by atoms with Gasteiger partial charge in [0.25, 0.3) is 0 Å². The maximum atomic E-state index is 13.0. The summed E-state index contributed by atoms with van der Waals surface area (Å²) in [6, 6.07) is 0. The number of alkyl halides is 7. The minimum absolute atomic E-state index is 0.158. The zero-order chi connectivity index (χ0) is 18.0. The maximum absolute atomic E-state index is 13.0. The second-order valence-electron chi connectivity index (χ2n) is 5.47. The normalized spacial score (nSPS) is 13.6. The summed E-state index contributed by atoms with van der Waals surface area (Å²) in [6.07, 6.45) is -0.785. The molecule has 0 nitrogen and oxygen atoms in total. The molecule has 0 atom stereocenters. The molecule has 0 aromatic rings. The molecule has 0 heterocycles. The Morgan fingerprint density at radius 3 is 1.65 bits per heavy atom. The monoisotopic (exact) mass is 369 g/mol. The lowest BCUT2D eigenvalue weighted by Gasteiger charge is -2.28. The van der Waals surface area contributed by atoms with Crippen molar-refractivity contribution in [2.24, 2.45) is 0 Å². The molecule has 0 fully saturated rings. The van der Waals surface area contributed by atoms with Crippen LogP contribution in [-0.4, -0.2) is 29.5 Å². The highest BCUT2D eigenvalue weighted by Crippen LogP contribution is 2.48. The highest BCUT2D eigenvalue weighted by Gasteiger charge is 2.72. The predicted octanol–water partition coefficient (Wildman–Crippen LogP) is 6.90. The predicted molar refractivity (Wildman–Crippen MR) is 80.2 cm³/mol. The number of halogens is 7. The molecule has 0 bridgehead atoms. The summed E-state index contributed by atoms with van der Waals surface area (Å²) in [6.45, 7) is 3.74. The van der Waals surface area contributed by atoms with Crippen LogP contribution in [0.4, 0.5) is 30.7 Å². The first kappa shape index (κ1) is 22.9. The standard InChI is InChI=1S/C15H24F7S/c1-2-3-4-5-6-7-8-11-23-12-9-10-13(16,17)14(18,19)15(20,21)22/h1-12H2. The van der Waals surface area contributed by atoms with Gasteiger partial charge in [0.2, 0.25) is 0 Å². The van der Waals surface area contributed by atoms with Gasteiger partial charge in [-0.3, -0.25) is 0 Å². The number of rotatable bonds is 13. The van der Waals surface area contributed by atoms with Gasteiger partial charge in [0.15, 0.2) is 0 Å². The van der Waals surface area contributed by atoms with E-state index < -0.39 is 24.4 Å². The van der Waals surface area contributed by atoms with Gasteiger partial charge in [-0.15, -0.1) is 0 Å². The molecule has 23 heavy (non-hydrogen) atoms. The van der Waals surface area contributed by atoms with Crippen molar-refractivity contribution in [3.63, 3.8) is 0 Å². The Bertz CT molecular complexity index is 303. The van der Waals surface area contributed by atoms with Gasteiger partial charge in [0, 0.05) is 6.42 Å². The van der Waals surface area contributed by atoms with Crippen molar-refractivity contribution in [1.82, 2.24) is 0 Å². The van der Waals surface area contributed by atoms with E-state index in [1.165, 1.54) is 11.8 Å². The fourth-order valence-corrected chi connectivity index (χ4v) is 2.91. The van der Waals surface area contributed by atoms with Crippen LogP contribution in [0, 0.1) is 6.92 Å². The van der Waals surface area contributed by atoms with Crippen LogP contribution in [0.2, 0.25) is 0 Å². The lowest BCUT2D eigenvalue weighted by molar-refractivity contribution is -0.355. The Hall–Kier alpha value is -0.140. The average molecular weight is 369 g/mol. The lowest BCUT2D eigenvalue weighted by Crippen LogP contribution is -2.51. The van der Waals surface area contributed by atoms with Gasteiger partial charge in [-0.1, -0.05) is 45.4 Å². The molecular weight excluding hydrogens is 345 g/mol. The Morgan fingerprint density at radius 1 is 0.652 bits per heavy atom. The van der Waals surface area contributed by atoms with Crippen LogP contribution < -0.4 is 0 Å². The summed E-state index contributed by atoms with van der Waals surface area (Å²) in [7, 11) is 0.